The van der Waals surface area contributed by atoms with Crippen molar-refractivity contribution in [2.75, 3.05) is 52.1 Å². The lowest BCUT2D eigenvalue weighted by Crippen LogP contribution is -2.44. The number of aromatic nitrogens is 5. The summed E-state index contributed by atoms with van der Waals surface area (Å²) in [5, 5.41) is 3.06. The number of ketones is 2. The van der Waals surface area contributed by atoms with Gasteiger partial charge in [-0.15, -0.1) is 0 Å². The van der Waals surface area contributed by atoms with E-state index >= 15 is 0 Å². The van der Waals surface area contributed by atoms with Crippen LogP contribution >= 0.6 is 0 Å². The van der Waals surface area contributed by atoms with Gasteiger partial charge in [0, 0.05) is 126 Å². The zero-order valence-electron chi connectivity index (χ0n) is 99.1. The van der Waals surface area contributed by atoms with Crippen LogP contribution in [-0.4, -0.2) is 122 Å². The fourth-order valence-electron chi connectivity index (χ4n) is 14.7. The van der Waals surface area contributed by atoms with Crippen molar-refractivity contribution >= 4 is 70.5 Å². The number of hydrogen-bond donors (Lipinski definition) is 1. The SMILES string of the molecule is CC(=O)Nc1ccccc1C(C)C.CC(C)C(=O)N(C)C.CC(C)C(=O)c1ccccc1.CC(C)C(C)(C)c1ccccc1.CC(C)c1ccc(S(=O)(=O)N(C)C)cc1.CC(C)c1ccccc1O[Si](C)(C)C(C)(C)C.CC(C)c1ccncc1.CC(C)c1cncnc1.CC(C)c1ncccn1.CCC(CC)(CC)C(C)C.COC(=O)c1ccc2c(c1)CCN2/C(=C\C(=O)C(C)C)c1ccccc1.[C-]#[N+]c1ccc(C(C)C)cc1. The largest absolute Gasteiger partial charge is 0.543 e. The van der Waals surface area contributed by atoms with Crippen LogP contribution in [0.4, 0.5) is 17.1 Å². The number of ether oxygens (including phenoxy) is 1. The van der Waals surface area contributed by atoms with Crippen molar-refractivity contribution in [2.24, 2.45) is 35.0 Å². The summed E-state index contributed by atoms with van der Waals surface area (Å²) >= 11 is 0. The summed E-state index contributed by atoms with van der Waals surface area (Å²) in [6.45, 7) is 82.5. The summed E-state index contributed by atoms with van der Waals surface area (Å²) in [7, 11) is 2.97. The molecule has 1 aliphatic rings. The highest BCUT2D eigenvalue weighted by atomic mass is 32.2. The van der Waals surface area contributed by atoms with Crippen LogP contribution in [0.5, 0.6) is 5.75 Å². The van der Waals surface area contributed by atoms with E-state index in [0.29, 0.717) is 68.6 Å². The number of fused-ring (bicyclic) bond motifs is 1. The Hall–Kier alpha value is -12.2. The molecule has 8 aromatic carbocycles. The van der Waals surface area contributed by atoms with E-state index in [1.54, 1.807) is 62.0 Å². The Balaban J connectivity index is 0.000000832. The van der Waals surface area contributed by atoms with Gasteiger partial charge in [0.25, 0.3) is 0 Å². The molecule has 818 valence electrons. The van der Waals surface area contributed by atoms with Gasteiger partial charge >= 0.3 is 5.97 Å². The number of allylic oxidation sites excluding steroid dienone is 1. The summed E-state index contributed by atoms with van der Waals surface area (Å²) in [6, 6.07) is 72.6. The van der Waals surface area contributed by atoms with Crippen molar-refractivity contribution < 1.29 is 41.6 Å². The van der Waals surface area contributed by atoms with Crippen LogP contribution in [0.25, 0.3) is 10.5 Å². The van der Waals surface area contributed by atoms with Crippen LogP contribution in [0.3, 0.4) is 0 Å². The van der Waals surface area contributed by atoms with E-state index in [0.717, 1.165) is 75.5 Å². The van der Waals surface area contributed by atoms with E-state index in [4.69, 9.17) is 15.7 Å². The van der Waals surface area contributed by atoms with Gasteiger partial charge in [0.1, 0.15) is 17.9 Å². The quantitative estimate of drug-likeness (QED) is 0.0175. The normalized spacial score (nSPS) is 11.5. The van der Waals surface area contributed by atoms with Gasteiger partial charge < -0.3 is 24.3 Å². The monoisotopic (exact) mass is 2080 g/mol. The van der Waals surface area contributed by atoms with Gasteiger partial charge in [0.2, 0.25) is 30.2 Å². The average molecular weight is 2080 g/mol. The van der Waals surface area contributed by atoms with Gasteiger partial charge in [0.05, 0.1) is 29.8 Å². The fourth-order valence-corrected chi connectivity index (χ4v) is 16.6. The number of para-hydroxylation sites is 2. The second-order valence-corrected chi connectivity index (χ2v) is 50.5. The molecule has 2 amide bonds. The molecule has 0 atom stereocenters. The molecule has 0 saturated heterocycles. The van der Waals surface area contributed by atoms with Gasteiger partial charge in [-0.05, 0) is 193 Å². The van der Waals surface area contributed by atoms with Crippen molar-refractivity contribution in [1.82, 2.24) is 34.1 Å². The summed E-state index contributed by atoms with van der Waals surface area (Å²) in [6.07, 6.45) is 19.0. The third kappa shape index (κ3) is 48.8. The highest BCUT2D eigenvalue weighted by Gasteiger charge is 2.40. The lowest BCUT2D eigenvalue weighted by Gasteiger charge is -2.37. The maximum absolute atomic E-state index is 12.4. The topological polar surface area (TPSA) is 229 Å². The number of hydrogen-bond acceptors (Lipinski definition) is 15. The summed E-state index contributed by atoms with van der Waals surface area (Å²) < 4.78 is 35.9. The number of methoxy groups -OCH3 is 1. The van der Waals surface area contributed by atoms with Crippen LogP contribution < -0.4 is 14.6 Å². The first-order valence-electron chi connectivity index (χ1n) is 53.4. The number of benzene rings is 8. The summed E-state index contributed by atoms with van der Waals surface area (Å²) in [4.78, 5) is 84.5. The Morgan fingerprint density at radius 3 is 1.30 bits per heavy atom. The van der Waals surface area contributed by atoms with Gasteiger partial charge in [-0.25, -0.2) is 42.3 Å². The van der Waals surface area contributed by atoms with E-state index in [-0.39, 0.29) is 52.1 Å². The Kier molecular flexibility index (Phi) is 62.7. The molecule has 12 rings (SSSR count). The highest BCUT2D eigenvalue weighted by Crippen LogP contribution is 2.42. The third-order valence-corrected chi connectivity index (χ3v) is 32.9. The number of nitrogens with zero attached hydrogens (tertiary/aromatic N) is 9. The number of amides is 2. The zero-order chi connectivity index (χ0) is 114. The first-order valence-corrected chi connectivity index (χ1v) is 57.8. The Morgan fingerprint density at radius 2 is 0.933 bits per heavy atom. The molecule has 11 aromatic rings. The summed E-state index contributed by atoms with van der Waals surface area (Å²) in [5.41, 5.74) is 16.8. The fraction of sp³-hybridized carbons (Fsp3) is 0.465. The van der Waals surface area contributed by atoms with Crippen LogP contribution in [0.1, 0.15) is 366 Å². The number of nitrogens with one attached hydrogen (secondary N) is 1. The Labute approximate surface area is 909 Å². The number of carbonyl (C=O) groups excluding carboxylic acids is 5. The highest BCUT2D eigenvalue weighted by molar-refractivity contribution is 7.89. The second kappa shape index (κ2) is 69.3. The van der Waals surface area contributed by atoms with E-state index < -0.39 is 18.3 Å². The minimum absolute atomic E-state index is 0.0203. The molecular weight excluding hydrogens is 1890 g/mol. The smallest absolute Gasteiger partial charge is 0.337 e. The van der Waals surface area contributed by atoms with Crippen molar-refractivity contribution in [3.8, 4) is 5.75 Å². The van der Waals surface area contributed by atoms with Crippen LogP contribution in [-0.2, 0) is 41.0 Å². The average Bonchev–Trinajstić information content (AvgIpc) is 1.60. The molecule has 19 nitrogen and oxygen atoms in total. The Morgan fingerprint density at radius 1 is 0.487 bits per heavy atom. The number of esters is 1. The number of Topliss-reactive ketones (excluding diaryl/α,β-unsaturated/α-hetero) is 1. The first kappa shape index (κ1) is 136. The molecule has 150 heavy (non-hydrogen) atoms. The van der Waals surface area contributed by atoms with Gasteiger partial charge in [-0.3, -0.25) is 24.2 Å². The molecule has 1 N–H and O–H groups in total. The molecule has 0 aliphatic carbocycles. The molecule has 4 heterocycles. The van der Waals surface area contributed by atoms with Crippen molar-refractivity contribution in [3.63, 3.8) is 0 Å². The maximum atomic E-state index is 12.4. The number of carbonyl (C=O) groups is 5. The molecule has 21 heteroatoms. The number of pyridine rings is 1. The van der Waals surface area contributed by atoms with E-state index in [2.05, 4.69) is 288 Å². The van der Waals surface area contributed by atoms with E-state index in [1.165, 1.54) is 85.1 Å². The minimum atomic E-state index is -3.29. The predicted molar refractivity (Wildman–Crippen MR) is 637 cm³/mol. The molecule has 0 spiro atoms. The van der Waals surface area contributed by atoms with Gasteiger partial charge in [0.15, 0.2) is 17.3 Å². The maximum Gasteiger partial charge on any atom is 0.337 e. The van der Waals surface area contributed by atoms with Crippen molar-refractivity contribution in [2.45, 2.75) is 324 Å². The predicted octanol–water partition coefficient (Wildman–Crippen LogP) is 33.6. The molecule has 3 aromatic heterocycles. The summed E-state index contributed by atoms with van der Waals surface area (Å²) in [5.74, 6) is 7.33. The van der Waals surface area contributed by atoms with Gasteiger partial charge in [-0.2, -0.15) is 0 Å². The standard InChI is InChI=1S/C22H23NO3.C15H26OSi.C12H18.C11H17NO2S.C11H15NO.C10H11N.C10H12O.C10H22.C8H11N.2C7H10N2.C6H13NO/c1-15(2)21(24)14-20(16-7-5-4-6-8-16)23-12-11-17-13-18(22(25)26-3)9-10-19(17)23;1-12(2)13-10-8-9-11-14(13)16-17(6,7)15(3,4)5;1-10(2)12(3,4)11-8-6-5-7-9-11;1-9(2)10-5-7-11(8-6-10)15(13,14)12(3)4;1-8(2)10-6-4-5-7-11(10)12-9(3)13;1-8(2)9-4-6-10(11-3)7-5-9;1-8(2)10(11)9-6-4-3-5-7-9;1-6-10(7-2,8-3)9(4)5;1-7(2)8-3-5-9-6-4-8;1-6(2)7-3-8-5-9-4-7;1-6(2)7-8-4-3-5-9-7;1-5(2)6(8)7(3)4/h4-10,13-15H,11-12H2,1-3H3;8-12H,1-7H3;5-10H,1-4H3;5-9H,1-4H3;4-8H,1-3H3,(H,12,13);4-8H,1-2H3;3-8H,1-2H3;9H,6-8H2,1-5H3;3-7H,1-2H3;2*3-6H,1-2H3;5H,1-4H3/b20-14-;;;;;;;;;;;. The molecule has 0 fully saturated rings. The van der Waals surface area contributed by atoms with Crippen LogP contribution in [0, 0.1) is 41.6 Å². The van der Waals surface area contributed by atoms with E-state index in [9.17, 15) is 32.4 Å². The molecule has 0 bridgehead atoms. The molecule has 0 unspecified atom stereocenters. The number of anilines is 2. The van der Waals surface area contributed by atoms with Gasteiger partial charge in [-0.1, -0.05) is 405 Å². The van der Waals surface area contributed by atoms with Crippen molar-refractivity contribution in [1.29, 1.82) is 0 Å². The minimum Gasteiger partial charge on any atom is -0.543 e. The number of sulfonamides is 1. The molecule has 0 radical (unpaired) electrons. The Bertz CT molecular complexity index is 5710. The lowest BCUT2D eigenvalue weighted by molar-refractivity contribution is -0.131. The number of rotatable bonds is 26. The zero-order valence-corrected chi connectivity index (χ0v) is 101. The molecule has 0 saturated carbocycles. The molecule has 1 aliphatic heterocycles. The molecular formula is C129H188N10O9SSi. The van der Waals surface area contributed by atoms with Crippen LogP contribution in [0.2, 0.25) is 18.1 Å². The second-order valence-electron chi connectivity index (χ2n) is 43.7. The van der Waals surface area contributed by atoms with Crippen LogP contribution in [0.15, 0.2) is 279 Å². The third-order valence-electron chi connectivity index (χ3n) is 26.8. The van der Waals surface area contributed by atoms with E-state index in [1.807, 2.05) is 218 Å². The lowest BCUT2D eigenvalue weighted by atomic mass is 9.71. The van der Waals surface area contributed by atoms with Crippen molar-refractivity contribution in [3.05, 3.63) is 352 Å². The first-order chi connectivity index (χ1) is 70.2.